The first-order valence-electron chi connectivity index (χ1n) is 10.8. The predicted octanol–water partition coefficient (Wildman–Crippen LogP) is 4.00. The molecule has 8 nitrogen and oxygen atoms in total. The Morgan fingerprint density at radius 3 is 1.77 bits per heavy atom. The first-order valence-corrected chi connectivity index (χ1v) is 10.8. The van der Waals surface area contributed by atoms with Gasteiger partial charge in [-0.1, -0.05) is 0 Å². The fraction of sp³-hybridized carbons (Fsp3) is 0.696. The summed E-state index contributed by atoms with van der Waals surface area (Å²) in [7, 11) is 0. The van der Waals surface area contributed by atoms with Gasteiger partial charge < -0.3 is 25.0 Å². The predicted molar refractivity (Wildman–Crippen MR) is 122 cm³/mol. The van der Waals surface area contributed by atoms with Gasteiger partial charge in [-0.3, -0.25) is 0 Å². The molecule has 174 valence electrons. The van der Waals surface area contributed by atoms with Crippen molar-refractivity contribution in [2.45, 2.75) is 92.0 Å². The van der Waals surface area contributed by atoms with Crippen LogP contribution < -0.4 is 15.5 Å². The van der Waals surface area contributed by atoms with Gasteiger partial charge in [0.15, 0.2) is 0 Å². The topological polar surface area (TPSA) is 92.8 Å². The van der Waals surface area contributed by atoms with E-state index in [0.29, 0.717) is 19.5 Å². The van der Waals surface area contributed by atoms with Crippen molar-refractivity contribution < 1.29 is 19.1 Å². The number of pyridine rings is 1. The molecule has 0 radical (unpaired) electrons. The van der Waals surface area contributed by atoms with Gasteiger partial charge in [-0.25, -0.2) is 14.6 Å². The van der Waals surface area contributed by atoms with E-state index in [4.69, 9.17) is 14.5 Å². The van der Waals surface area contributed by atoms with Crippen LogP contribution in [0.2, 0.25) is 0 Å². The molecule has 1 aromatic rings. The van der Waals surface area contributed by atoms with Crippen LogP contribution in [0, 0.1) is 20.8 Å². The van der Waals surface area contributed by atoms with Gasteiger partial charge in [-0.15, -0.1) is 0 Å². The number of hydrogen-bond acceptors (Lipinski definition) is 6. The highest BCUT2D eigenvalue weighted by molar-refractivity contribution is 5.69. The zero-order chi connectivity index (χ0) is 23.6. The summed E-state index contributed by atoms with van der Waals surface area (Å²) < 4.78 is 10.8. The summed E-state index contributed by atoms with van der Waals surface area (Å²) in [6, 6.07) is 1.61. The number of amides is 2. The van der Waals surface area contributed by atoms with E-state index in [2.05, 4.69) is 29.4 Å². The van der Waals surface area contributed by atoms with Crippen molar-refractivity contribution in [3.8, 4) is 0 Å². The third-order valence-electron chi connectivity index (χ3n) is 4.98. The summed E-state index contributed by atoms with van der Waals surface area (Å²) in [4.78, 5) is 31.6. The van der Waals surface area contributed by atoms with Crippen LogP contribution in [-0.4, -0.2) is 53.5 Å². The maximum absolute atomic E-state index is 12.4. The second-order valence-corrected chi connectivity index (χ2v) is 10.3. The van der Waals surface area contributed by atoms with Crippen molar-refractivity contribution >= 4 is 18.0 Å². The lowest BCUT2D eigenvalue weighted by atomic mass is 10.00. The lowest BCUT2D eigenvalue weighted by Gasteiger charge is -2.39. The molecule has 1 saturated heterocycles. The minimum atomic E-state index is -0.584. The van der Waals surface area contributed by atoms with Crippen LogP contribution in [0.5, 0.6) is 0 Å². The quantitative estimate of drug-likeness (QED) is 0.747. The third-order valence-corrected chi connectivity index (χ3v) is 4.98. The molecule has 8 heteroatoms. The van der Waals surface area contributed by atoms with E-state index >= 15 is 0 Å². The van der Waals surface area contributed by atoms with E-state index in [1.165, 1.54) is 0 Å². The maximum atomic E-state index is 12.4. The van der Waals surface area contributed by atoms with Crippen LogP contribution >= 0.6 is 0 Å². The molecule has 1 aliphatic heterocycles. The fourth-order valence-electron chi connectivity index (χ4n) is 3.48. The lowest BCUT2D eigenvalue weighted by molar-refractivity contribution is 0.0476. The Bertz CT molecular complexity index is 750. The molecule has 2 heterocycles. The molecule has 2 atom stereocenters. The van der Waals surface area contributed by atoms with Crippen molar-refractivity contribution in [3.63, 3.8) is 0 Å². The molecule has 2 rings (SSSR count). The average Bonchev–Trinajstić information content (AvgIpc) is 2.55. The number of anilines is 1. The number of piperidine rings is 1. The molecular formula is C23H38N4O4. The van der Waals surface area contributed by atoms with Crippen LogP contribution in [0.3, 0.4) is 0 Å². The monoisotopic (exact) mass is 434 g/mol. The number of hydrogen-bond donors (Lipinski definition) is 2. The van der Waals surface area contributed by atoms with Crippen molar-refractivity contribution in [1.29, 1.82) is 0 Å². The largest absolute Gasteiger partial charge is 0.444 e. The lowest BCUT2D eigenvalue weighted by Crippen LogP contribution is -2.58. The Labute approximate surface area is 186 Å². The van der Waals surface area contributed by atoms with E-state index in [0.717, 1.165) is 22.6 Å². The number of aryl methyl sites for hydroxylation is 2. The van der Waals surface area contributed by atoms with E-state index in [9.17, 15) is 9.59 Å². The SMILES string of the molecule is Cc1cc(N2CC(NC(=O)OC(C)(C)C)CC(NC(=O)OC(C)(C)C)C2)nc(C)c1C. The van der Waals surface area contributed by atoms with E-state index in [1.54, 1.807) is 0 Å². The molecule has 2 unspecified atom stereocenters. The minimum absolute atomic E-state index is 0.216. The zero-order valence-electron chi connectivity index (χ0n) is 20.4. The number of rotatable bonds is 3. The third kappa shape index (κ3) is 7.92. The molecular weight excluding hydrogens is 396 g/mol. The first kappa shape index (κ1) is 24.8. The van der Waals surface area contributed by atoms with Crippen molar-refractivity contribution in [1.82, 2.24) is 15.6 Å². The van der Waals surface area contributed by atoms with Gasteiger partial charge >= 0.3 is 12.2 Å². The second-order valence-electron chi connectivity index (χ2n) is 10.3. The summed E-state index contributed by atoms with van der Waals surface area (Å²) in [5, 5.41) is 5.89. The molecule has 1 aliphatic rings. The smallest absolute Gasteiger partial charge is 0.407 e. The van der Waals surface area contributed by atoms with E-state index in [-0.39, 0.29) is 12.1 Å². The van der Waals surface area contributed by atoms with Crippen molar-refractivity contribution in [2.75, 3.05) is 18.0 Å². The van der Waals surface area contributed by atoms with Crippen molar-refractivity contribution in [3.05, 3.63) is 22.9 Å². The van der Waals surface area contributed by atoms with Crippen LogP contribution in [0.4, 0.5) is 15.4 Å². The van der Waals surface area contributed by atoms with Gasteiger partial charge in [-0.2, -0.15) is 0 Å². The summed E-state index contributed by atoms with van der Waals surface area (Å²) in [5.41, 5.74) is 2.11. The zero-order valence-corrected chi connectivity index (χ0v) is 20.4. The van der Waals surface area contributed by atoms with E-state index in [1.807, 2.05) is 54.5 Å². The number of carbonyl (C=O) groups is 2. The maximum Gasteiger partial charge on any atom is 0.407 e. The molecule has 2 N–H and O–H groups in total. The Morgan fingerprint density at radius 1 is 0.935 bits per heavy atom. The fourth-order valence-corrected chi connectivity index (χ4v) is 3.48. The Balaban J connectivity index is 2.20. The van der Waals surface area contributed by atoms with Gasteiger partial charge in [0, 0.05) is 18.8 Å². The molecule has 1 fully saturated rings. The summed E-state index contributed by atoms with van der Waals surface area (Å²) in [6.07, 6.45) is -0.377. The highest BCUT2D eigenvalue weighted by atomic mass is 16.6. The Morgan fingerprint density at radius 2 is 1.39 bits per heavy atom. The number of aromatic nitrogens is 1. The van der Waals surface area contributed by atoms with Gasteiger partial charge in [0.2, 0.25) is 0 Å². The summed E-state index contributed by atoms with van der Waals surface area (Å²) in [6.45, 7) is 18.2. The molecule has 2 amide bonds. The van der Waals surface area contributed by atoms with Gasteiger partial charge in [0.1, 0.15) is 17.0 Å². The standard InChI is InChI=1S/C23H38N4O4/c1-14-10-19(24-16(3)15(14)2)27-12-17(25-20(28)30-22(4,5)6)11-18(13-27)26-21(29)31-23(7,8)9/h10,17-18H,11-13H2,1-9H3,(H,25,28)(H,26,29). The van der Waals surface area contributed by atoms with Gasteiger partial charge in [-0.05, 0) is 85.9 Å². The molecule has 0 aliphatic carbocycles. The molecule has 0 bridgehead atoms. The van der Waals surface area contributed by atoms with Crippen LogP contribution in [0.25, 0.3) is 0 Å². The second kappa shape index (κ2) is 9.32. The summed E-state index contributed by atoms with van der Waals surface area (Å²) in [5.74, 6) is 0.826. The molecule has 31 heavy (non-hydrogen) atoms. The molecule has 0 aromatic carbocycles. The summed E-state index contributed by atoms with van der Waals surface area (Å²) >= 11 is 0. The average molecular weight is 435 g/mol. The van der Waals surface area contributed by atoms with Crippen LogP contribution in [0.15, 0.2) is 6.07 Å². The van der Waals surface area contributed by atoms with Gasteiger partial charge in [0.05, 0.1) is 12.1 Å². The normalized spacial score (nSPS) is 19.6. The molecule has 1 aromatic heterocycles. The van der Waals surface area contributed by atoms with Crippen LogP contribution in [-0.2, 0) is 9.47 Å². The van der Waals surface area contributed by atoms with Crippen molar-refractivity contribution in [2.24, 2.45) is 0 Å². The Hall–Kier alpha value is -2.51. The highest BCUT2D eigenvalue weighted by Crippen LogP contribution is 2.23. The van der Waals surface area contributed by atoms with Gasteiger partial charge in [0.25, 0.3) is 0 Å². The number of alkyl carbamates (subject to hydrolysis) is 2. The van der Waals surface area contributed by atoms with Crippen LogP contribution in [0.1, 0.15) is 64.8 Å². The number of nitrogens with one attached hydrogen (secondary N) is 2. The van der Waals surface area contributed by atoms with E-state index < -0.39 is 23.4 Å². The first-order chi connectivity index (χ1) is 14.1. The minimum Gasteiger partial charge on any atom is -0.444 e. The number of ether oxygens (including phenoxy) is 2. The Kier molecular flexibility index (Phi) is 7.44. The number of carbonyl (C=O) groups excluding carboxylic acids is 2. The molecule has 0 spiro atoms. The molecule has 0 saturated carbocycles. The highest BCUT2D eigenvalue weighted by Gasteiger charge is 2.32. The number of nitrogens with zero attached hydrogens (tertiary/aromatic N) is 2.